The smallest absolute Gasteiger partial charge is 0.265 e. The van der Waals surface area contributed by atoms with Gasteiger partial charge in [-0.2, -0.15) is 5.10 Å². The Kier molecular flexibility index (Phi) is 4.96. The Morgan fingerprint density at radius 2 is 1.89 bits per heavy atom. The summed E-state index contributed by atoms with van der Waals surface area (Å²) in [6, 6.07) is 16.0. The van der Waals surface area contributed by atoms with E-state index >= 15 is 0 Å². The van der Waals surface area contributed by atoms with Crippen LogP contribution in [-0.4, -0.2) is 15.7 Å². The lowest BCUT2D eigenvalue weighted by Crippen LogP contribution is -2.12. The number of anilines is 1. The lowest BCUT2D eigenvalue weighted by molar-refractivity contribution is 0.103. The van der Waals surface area contributed by atoms with Crippen molar-refractivity contribution in [3.8, 4) is 0 Å². The molecule has 0 unspecified atom stereocenters. The van der Waals surface area contributed by atoms with Gasteiger partial charge in [-0.3, -0.25) is 9.48 Å². The molecule has 0 saturated heterocycles. The average molecular weight is 410 g/mol. The molecule has 0 saturated carbocycles. The first kappa shape index (κ1) is 18.7. The highest BCUT2D eigenvalue weighted by Crippen LogP contribution is 2.32. The number of benzene rings is 2. The van der Waals surface area contributed by atoms with Crippen LogP contribution < -0.4 is 5.32 Å². The fraction of sp³-hybridized carbons (Fsp3) is 0.182. The number of carbonyl (C=O) groups is 1. The molecule has 28 heavy (non-hydrogen) atoms. The molecule has 142 valence electrons. The van der Waals surface area contributed by atoms with Crippen molar-refractivity contribution in [2.75, 3.05) is 5.32 Å². The number of carbonyl (C=O) groups excluding carboxylic acids is 1. The van der Waals surface area contributed by atoms with E-state index in [2.05, 4.69) is 22.5 Å². The molecule has 0 aliphatic heterocycles. The summed E-state index contributed by atoms with van der Waals surface area (Å²) in [5, 5.41) is 9.18. The number of hydrogen-bond acceptors (Lipinski definition) is 3. The first-order valence-corrected chi connectivity index (χ1v) is 10.2. The minimum atomic E-state index is -0.152. The van der Waals surface area contributed by atoms with Gasteiger partial charge in [0.05, 0.1) is 27.8 Å². The molecule has 2 aromatic heterocycles. The van der Waals surface area contributed by atoms with Gasteiger partial charge in [0.2, 0.25) is 0 Å². The molecule has 2 aromatic carbocycles. The topological polar surface area (TPSA) is 46.9 Å². The summed E-state index contributed by atoms with van der Waals surface area (Å²) in [5.74, 6) is -0.152. The largest absolute Gasteiger partial charge is 0.320 e. The zero-order chi connectivity index (χ0) is 19.8. The van der Waals surface area contributed by atoms with E-state index in [1.807, 2.05) is 61.9 Å². The number of halogens is 1. The minimum absolute atomic E-state index is 0.152. The molecule has 0 atom stereocenters. The Morgan fingerprint density at radius 3 is 2.61 bits per heavy atom. The Morgan fingerprint density at radius 1 is 1.14 bits per heavy atom. The van der Waals surface area contributed by atoms with Crippen molar-refractivity contribution in [3.05, 3.63) is 80.8 Å². The molecule has 0 spiro atoms. The van der Waals surface area contributed by atoms with Crippen molar-refractivity contribution in [3.63, 3.8) is 0 Å². The molecule has 1 amide bonds. The van der Waals surface area contributed by atoms with Crippen molar-refractivity contribution < 1.29 is 4.79 Å². The molecule has 0 bridgehead atoms. The second kappa shape index (κ2) is 7.41. The van der Waals surface area contributed by atoms with E-state index in [9.17, 15) is 4.79 Å². The summed E-state index contributed by atoms with van der Waals surface area (Å²) in [5.41, 5.74) is 4.78. The van der Waals surface area contributed by atoms with Crippen LogP contribution in [0, 0.1) is 20.8 Å². The number of thiophene rings is 1. The Bertz CT molecular complexity index is 1150. The molecule has 0 fully saturated rings. The van der Waals surface area contributed by atoms with Gasteiger partial charge in [-0.1, -0.05) is 48.0 Å². The van der Waals surface area contributed by atoms with Crippen LogP contribution in [0.2, 0.25) is 5.02 Å². The van der Waals surface area contributed by atoms with Gasteiger partial charge in [0, 0.05) is 5.39 Å². The van der Waals surface area contributed by atoms with Crippen LogP contribution in [0.1, 0.15) is 32.1 Å². The van der Waals surface area contributed by atoms with Gasteiger partial charge in [-0.25, -0.2) is 0 Å². The zero-order valence-electron chi connectivity index (χ0n) is 15.9. The number of nitrogens with one attached hydrogen (secondary N) is 1. The van der Waals surface area contributed by atoms with Crippen LogP contribution in [0.5, 0.6) is 0 Å². The molecule has 0 radical (unpaired) electrons. The average Bonchev–Trinajstić information content (AvgIpc) is 3.21. The minimum Gasteiger partial charge on any atom is -0.320 e. The summed E-state index contributed by atoms with van der Waals surface area (Å²) in [6.45, 7) is 6.58. The summed E-state index contributed by atoms with van der Waals surface area (Å²) in [6.07, 6.45) is 0. The van der Waals surface area contributed by atoms with E-state index in [-0.39, 0.29) is 5.91 Å². The predicted octanol–water partition coefficient (Wildman–Crippen LogP) is 5.98. The molecule has 6 heteroatoms. The van der Waals surface area contributed by atoms with Gasteiger partial charge in [0.1, 0.15) is 4.83 Å². The molecule has 4 nitrogen and oxygen atoms in total. The van der Waals surface area contributed by atoms with Gasteiger partial charge in [0.15, 0.2) is 0 Å². The lowest BCUT2D eigenvalue weighted by atomic mass is 10.1. The molecule has 2 heterocycles. The van der Waals surface area contributed by atoms with Gasteiger partial charge in [-0.05, 0) is 49.6 Å². The number of aryl methyl sites for hydroxylation is 3. The highest BCUT2D eigenvalue weighted by atomic mass is 35.5. The number of fused-ring (bicyclic) bond motifs is 1. The lowest BCUT2D eigenvalue weighted by Gasteiger charge is -2.10. The van der Waals surface area contributed by atoms with Crippen LogP contribution in [0.4, 0.5) is 5.69 Å². The maximum Gasteiger partial charge on any atom is 0.265 e. The maximum atomic E-state index is 12.9. The Balaban J connectivity index is 1.65. The standard InChI is InChI=1S/C22H20ClN3OS/c1-13-9-14(2)20(18(23)10-13)24-21(27)19-11-17-15(3)25-26(22(17)28-19)12-16-7-5-4-6-8-16/h4-11H,12H2,1-3H3,(H,24,27). The molecule has 4 rings (SSSR count). The first-order valence-electron chi connectivity index (χ1n) is 9.01. The van der Waals surface area contributed by atoms with E-state index in [1.54, 1.807) is 0 Å². The van der Waals surface area contributed by atoms with Crippen LogP contribution in [0.25, 0.3) is 10.2 Å². The van der Waals surface area contributed by atoms with E-state index in [0.29, 0.717) is 22.1 Å². The second-order valence-corrected chi connectivity index (χ2v) is 8.39. The fourth-order valence-electron chi connectivity index (χ4n) is 3.34. The molecular weight excluding hydrogens is 390 g/mol. The Hall–Kier alpha value is -2.63. The molecule has 0 aliphatic rings. The number of nitrogens with zero attached hydrogens (tertiary/aromatic N) is 2. The van der Waals surface area contributed by atoms with Crippen LogP contribution in [-0.2, 0) is 6.54 Å². The molecule has 1 N–H and O–H groups in total. The molecule has 0 aliphatic carbocycles. The van der Waals surface area contributed by atoms with E-state index in [0.717, 1.165) is 27.0 Å². The van der Waals surface area contributed by atoms with Crippen LogP contribution >= 0.6 is 22.9 Å². The third kappa shape index (κ3) is 3.55. The predicted molar refractivity (Wildman–Crippen MR) is 117 cm³/mol. The Labute approximate surface area is 172 Å². The van der Waals surface area contributed by atoms with Gasteiger partial charge >= 0.3 is 0 Å². The molecule has 4 aromatic rings. The fourth-order valence-corrected chi connectivity index (χ4v) is 4.76. The highest BCUT2D eigenvalue weighted by Gasteiger charge is 2.18. The molecular formula is C22H20ClN3OS. The van der Waals surface area contributed by atoms with Crippen molar-refractivity contribution in [1.82, 2.24) is 9.78 Å². The highest BCUT2D eigenvalue weighted by molar-refractivity contribution is 7.20. The first-order chi connectivity index (χ1) is 13.4. The summed E-state index contributed by atoms with van der Waals surface area (Å²) < 4.78 is 1.96. The van der Waals surface area contributed by atoms with Gasteiger partial charge < -0.3 is 5.32 Å². The van der Waals surface area contributed by atoms with Crippen molar-refractivity contribution in [1.29, 1.82) is 0 Å². The summed E-state index contributed by atoms with van der Waals surface area (Å²) >= 11 is 7.79. The third-order valence-electron chi connectivity index (χ3n) is 4.68. The number of hydrogen-bond donors (Lipinski definition) is 1. The summed E-state index contributed by atoms with van der Waals surface area (Å²) in [7, 11) is 0. The third-order valence-corrected chi connectivity index (χ3v) is 6.12. The van der Waals surface area contributed by atoms with E-state index in [4.69, 9.17) is 11.6 Å². The SMILES string of the molecule is Cc1cc(C)c(NC(=O)c2cc3c(C)nn(Cc4ccccc4)c3s2)c(Cl)c1. The summed E-state index contributed by atoms with van der Waals surface area (Å²) in [4.78, 5) is 14.5. The zero-order valence-corrected chi connectivity index (χ0v) is 17.5. The van der Waals surface area contributed by atoms with Gasteiger partial charge in [0.25, 0.3) is 5.91 Å². The van der Waals surface area contributed by atoms with Crippen LogP contribution in [0.3, 0.4) is 0 Å². The maximum absolute atomic E-state index is 12.9. The van der Waals surface area contributed by atoms with E-state index in [1.165, 1.54) is 16.9 Å². The monoisotopic (exact) mass is 409 g/mol. The van der Waals surface area contributed by atoms with Crippen molar-refractivity contribution in [2.45, 2.75) is 27.3 Å². The quantitative estimate of drug-likeness (QED) is 0.450. The number of rotatable bonds is 4. The number of aromatic nitrogens is 2. The van der Waals surface area contributed by atoms with E-state index < -0.39 is 0 Å². The normalized spacial score (nSPS) is 11.1. The van der Waals surface area contributed by atoms with Crippen LogP contribution in [0.15, 0.2) is 48.5 Å². The number of amides is 1. The van der Waals surface area contributed by atoms with Crippen molar-refractivity contribution in [2.24, 2.45) is 0 Å². The van der Waals surface area contributed by atoms with Gasteiger partial charge in [-0.15, -0.1) is 11.3 Å². The van der Waals surface area contributed by atoms with Crippen molar-refractivity contribution >= 4 is 44.7 Å². The second-order valence-electron chi connectivity index (χ2n) is 6.95.